The van der Waals surface area contributed by atoms with Crippen LogP contribution in [-0.2, 0) is 9.47 Å². The Bertz CT molecular complexity index is 427. The van der Waals surface area contributed by atoms with Crippen molar-refractivity contribution in [3.63, 3.8) is 0 Å². The zero-order valence-corrected chi connectivity index (χ0v) is 11.7. The van der Waals surface area contributed by atoms with Gasteiger partial charge in [0.2, 0.25) is 0 Å². The maximum Gasteiger partial charge on any atom is 0.338 e. The number of hydrogen-bond donors (Lipinski definition) is 0. The largest absolute Gasteiger partial charge is 0.491 e. The molecule has 0 aliphatic carbocycles. The van der Waals surface area contributed by atoms with E-state index in [1.807, 2.05) is 6.07 Å². The Labute approximate surface area is 114 Å². The summed E-state index contributed by atoms with van der Waals surface area (Å²) in [5.74, 6) is 0.263. The maximum absolute atomic E-state index is 11.5. The zero-order chi connectivity index (χ0) is 13.0. The molecule has 1 aromatic carbocycles. The van der Waals surface area contributed by atoms with Gasteiger partial charge >= 0.3 is 5.97 Å². The van der Waals surface area contributed by atoms with Crippen molar-refractivity contribution in [3.8, 4) is 5.75 Å². The van der Waals surface area contributed by atoms with Crippen LogP contribution >= 0.6 is 15.9 Å². The first-order chi connectivity index (χ1) is 8.69. The number of carbonyl (C=O) groups excluding carboxylic acids is 1. The summed E-state index contributed by atoms with van der Waals surface area (Å²) in [7, 11) is 1.36. The van der Waals surface area contributed by atoms with Crippen LogP contribution in [0.4, 0.5) is 0 Å². The lowest BCUT2D eigenvalue weighted by molar-refractivity contribution is 0.0598. The molecule has 0 spiro atoms. The maximum atomic E-state index is 11.5. The van der Waals surface area contributed by atoms with Gasteiger partial charge in [-0.1, -0.05) is 15.9 Å². The van der Waals surface area contributed by atoms with Gasteiger partial charge in [0.05, 0.1) is 18.8 Å². The van der Waals surface area contributed by atoms with E-state index in [1.165, 1.54) is 7.11 Å². The van der Waals surface area contributed by atoms with E-state index >= 15 is 0 Å². The standard InChI is InChI=1S/C13H15BrO4/c1-16-13(15)9-5-10(14)7-12(6-9)18-8-11-3-2-4-17-11/h5-7,11H,2-4,8H2,1H3. The van der Waals surface area contributed by atoms with Crippen molar-refractivity contribution in [2.45, 2.75) is 18.9 Å². The van der Waals surface area contributed by atoms with Crippen LogP contribution in [0.25, 0.3) is 0 Å². The van der Waals surface area contributed by atoms with Crippen molar-refractivity contribution in [2.24, 2.45) is 0 Å². The van der Waals surface area contributed by atoms with Crippen molar-refractivity contribution in [1.29, 1.82) is 0 Å². The second-order valence-electron chi connectivity index (χ2n) is 4.11. The summed E-state index contributed by atoms with van der Waals surface area (Å²) in [6, 6.07) is 5.19. The molecule has 0 amide bonds. The molecule has 1 aromatic rings. The molecule has 1 atom stereocenters. The Hall–Kier alpha value is -1.07. The lowest BCUT2D eigenvalue weighted by atomic mass is 10.2. The van der Waals surface area contributed by atoms with E-state index in [9.17, 15) is 4.79 Å². The van der Waals surface area contributed by atoms with Gasteiger partial charge in [0.15, 0.2) is 0 Å². The lowest BCUT2D eigenvalue weighted by Gasteiger charge is -2.12. The van der Waals surface area contributed by atoms with E-state index in [4.69, 9.17) is 9.47 Å². The van der Waals surface area contributed by atoms with E-state index in [0.717, 1.165) is 23.9 Å². The molecule has 0 N–H and O–H groups in total. The highest BCUT2D eigenvalue weighted by Gasteiger charge is 2.16. The predicted molar refractivity (Wildman–Crippen MR) is 70.0 cm³/mol. The zero-order valence-electron chi connectivity index (χ0n) is 10.1. The molecule has 1 unspecified atom stereocenters. The molecule has 1 heterocycles. The van der Waals surface area contributed by atoms with Crippen LogP contribution in [0.1, 0.15) is 23.2 Å². The fraction of sp³-hybridized carbons (Fsp3) is 0.462. The fourth-order valence-electron chi connectivity index (χ4n) is 1.85. The molecular formula is C13H15BrO4. The molecule has 1 aliphatic heterocycles. The van der Waals surface area contributed by atoms with Crippen molar-refractivity contribution in [1.82, 2.24) is 0 Å². The number of benzene rings is 1. The Balaban J connectivity index is 2.02. The summed E-state index contributed by atoms with van der Waals surface area (Å²) >= 11 is 3.34. The van der Waals surface area contributed by atoms with E-state index in [0.29, 0.717) is 17.9 Å². The van der Waals surface area contributed by atoms with Gasteiger partial charge in [0.25, 0.3) is 0 Å². The fourth-order valence-corrected chi connectivity index (χ4v) is 2.32. The molecule has 0 saturated carbocycles. The smallest absolute Gasteiger partial charge is 0.338 e. The number of rotatable bonds is 4. The summed E-state index contributed by atoms with van der Waals surface area (Å²) in [4.78, 5) is 11.5. The summed E-state index contributed by atoms with van der Waals surface area (Å²) in [5.41, 5.74) is 0.467. The molecule has 2 rings (SSSR count). The Morgan fingerprint density at radius 2 is 2.33 bits per heavy atom. The summed E-state index contributed by atoms with van der Waals surface area (Å²) in [6.07, 6.45) is 2.27. The number of ether oxygens (including phenoxy) is 3. The van der Waals surface area contributed by atoms with Crippen LogP contribution in [-0.4, -0.2) is 32.4 Å². The molecule has 18 heavy (non-hydrogen) atoms. The van der Waals surface area contributed by atoms with Crippen LogP contribution in [0.5, 0.6) is 5.75 Å². The van der Waals surface area contributed by atoms with Gasteiger partial charge in [-0.3, -0.25) is 0 Å². The second kappa shape index (κ2) is 6.20. The molecule has 98 valence electrons. The highest BCUT2D eigenvalue weighted by molar-refractivity contribution is 9.10. The third-order valence-electron chi connectivity index (χ3n) is 2.75. The van der Waals surface area contributed by atoms with Crippen LogP contribution in [0.2, 0.25) is 0 Å². The van der Waals surface area contributed by atoms with E-state index < -0.39 is 0 Å². The topological polar surface area (TPSA) is 44.8 Å². The average molecular weight is 315 g/mol. The predicted octanol–water partition coefficient (Wildman–Crippen LogP) is 2.79. The van der Waals surface area contributed by atoms with Crippen molar-refractivity contribution < 1.29 is 19.0 Å². The van der Waals surface area contributed by atoms with Crippen molar-refractivity contribution in [2.75, 3.05) is 20.3 Å². The van der Waals surface area contributed by atoms with Crippen molar-refractivity contribution >= 4 is 21.9 Å². The van der Waals surface area contributed by atoms with E-state index in [2.05, 4.69) is 20.7 Å². The number of esters is 1. The molecule has 1 fully saturated rings. The Morgan fingerprint density at radius 1 is 1.50 bits per heavy atom. The van der Waals surface area contributed by atoms with E-state index in [-0.39, 0.29) is 12.1 Å². The highest BCUT2D eigenvalue weighted by Crippen LogP contribution is 2.23. The van der Waals surface area contributed by atoms with Gasteiger partial charge in [0.1, 0.15) is 12.4 Å². The number of carbonyl (C=O) groups is 1. The number of halogens is 1. The Kier molecular flexibility index (Phi) is 4.60. The molecule has 5 heteroatoms. The van der Waals surface area contributed by atoms with Gasteiger partial charge in [-0.15, -0.1) is 0 Å². The SMILES string of the molecule is COC(=O)c1cc(Br)cc(OCC2CCCO2)c1. The molecule has 1 aliphatic rings. The molecule has 0 aromatic heterocycles. The minimum Gasteiger partial charge on any atom is -0.491 e. The first kappa shape index (κ1) is 13.4. The first-order valence-corrected chi connectivity index (χ1v) is 6.61. The van der Waals surface area contributed by atoms with Crippen molar-refractivity contribution in [3.05, 3.63) is 28.2 Å². The first-order valence-electron chi connectivity index (χ1n) is 5.82. The summed E-state index contributed by atoms with van der Waals surface area (Å²) in [5, 5.41) is 0. The molecule has 4 nitrogen and oxygen atoms in total. The van der Waals surface area contributed by atoms with Gasteiger partial charge in [0, 0.05) is 11.1 Å². The number of methoxy groups -OCH3 is 1. The molecule has 1 saturated heterocycles. The minimum atomic E-state index is -0.377. The monoisotopic (exact) mass is 314 g/mol. The van der Waals surface area contributed by atoms with Crippen LogP contribution in [0.15, 0.2) is 22.7 Å². The van der Waals surface area contributed by atoms with E-state index in [1.54, 1.807) is 12.1 Å². The quantitative estimate of drug-likeness (QED) is 0.802. The third kappa shape index (κ3) is 3.46. The van der Waals surface area contributed by atoms with Gasteiger partial charge < -0.3 is 14.2 Å². The lowest BCUT2D eigenvalue weighted by Crippen LogP contribution is -2.16. The minimum absolute atomic E-state index is 0.158. The average Bonchev–Trinajstić information content (AvgIpc) is 2.88. The Morgan fingerprint density at radius 3 is 3.00 bits per heavy atom. The molecular weight excluding hydrogens is 300 g/mol. The van der Waals surface area contributed by atoms with Crippen LogP contribution < -0.4 is 4.74 Å². The molecule has 0 radical (unpaired) electrons. The number of hydrogen-bond acceptors (Lipinski definition) is 4. The molecule has 0 bridgehead atoms. The summed E-state index contributed by atoms with van der Waals surface area (Å²) in [6.45, 7) is 1.32. The highest BCUT2D eigenvalue weighted by atomic mass is 79.9. The van der Waals surface area contributed by atoms with Gasteiger partial charge in [-0.2, -0.15) is 0 Å². The summed E-state index contributed by atoms with van der Waals surface area (Å²) < 4.78 is 16.6. The van der Waals surface area contributed by atoms with Gasteiger partial charge in [-0.05, 0) is 31.0 Å². The van der Waals surface area contributed by atoms with Gasteiger partial charge in [-0.25, -0.2) is 4.79 Å². The second-order valence-corrected chi connectivity index (χ2v) is 5.03. The van der Waals surface area contributed by atoms with Crippen LogP contribution in [0.3, 0.4) is 0 Å². The normalized spacial score (nSPS) is 18.7. The third-order valence-corrected chi connectivity index (χ3v) is 3.21. The van der Waals surface area contributed by atoms with Crippen LogP contribution in [0, 0.1) is 0 Å².